The van der Waals surface area contributed by atoms with Crippen LogP contribution in [0.4, 0.5) is 24.5 Å². The van der Waals surface area contributed by atoms with Crippen molar-refractivity contribution in [2.24, 2.45) is 5.73 Å². The fourth-order valence-corrected chi connectivity index (χ4v) is 5.28. The summed E-state index contributed by atoms with van der Waals surface area (Å²) in [5, 5.41) is 8.17. The number of nitrogens with zero attached hydrogens (tertiary/aromatic N) is 4. The first-order chi connectivity index (χ1) is 19.2. The summed E-state index contributed by atoms with van der Waals surface area (Å²) in [5.74, 6) is 0.308. The lowest BCUT2D eigenvalue weighted by molar-refractivity contribution is -0.132. The van der Waals surface area contributed by atoms with E-state index in [1.807, 2.05) is 19.1 Å². The molecule has 2 aromatic carbocycles. The fourth-order valence-electron chi connectivity index (χ4n) is 5.28. The van der Waals surface area contributed by atoms with E-state index in [0.717, 1.165) is 49.0 Å². The Morgan fingerprint density at radius 2 is 1.98 bits per heavy atom. The maximum absolute atomic E-state index is 13.3. The Morgan fingerprint density at radius 3 is 2.67 bits per heavy atom. The number of benzene rings is 2. The van der Waals surface area contributed by atoms with Crippen LogP contribution in [0.3, 0.4) is 0 Å². The molecule has 0 atom stereocenters. The Labute approximate surface area is 228 Å². The van der Waals surface area contributed by atoms with E-state index in [9.17, 15) is 18.0 Å². The number of alkyl halides is 3. The number of para-hydroxylation sites is 1. The van der Waals surface area contributed by atoms with Crippen molar-refractivity contribution >= 4 is 22.9 Å². The first kappa shape index (κ1) is 26.0. The van der Waals surface area contributed by atoms with Gasteiger partial charge in [-0.1, -0.05) is 24.3 Å². The van der Waals surface area contributed by atoms with Gasteiger partial charge in [0.05, 0.1) is 29.2 Å². The van der Waals surface area contributed by atoms with Gasteiger partial charge >= 0.3 is 6.18 Å². The topological polar surface area (TPSA) is 97.8 Å². The van der Waals surface area contributed by atoms with Crippen LogP contribution in [-0.4, -0.2) is 45.8 Å². The quantitative estimate of drug-likeness (QED) is 0.285. The second-order valence-electron chi connectivity index (χ2n) is 10.3. The van der Waals surface area contributed by atoms with Gasteiger partial charge in [0.1, 0.15) is 0 Å². The predicted octanol–water partition coefficient (Wildman–Crippen LogP) is 5.88. The third-order valence-corrected chi connectivity index (χ3v) is 7.34. The first-order valence-corrected chi connectivity index (χ1v) is 13.4. The number of imidazole rings is 1. The summed E-state index contributed by atoms with van der Waals surface area (Å²) in [6.07, 6.45) is -1.67. The molecule has 0 unspecified atom stereocenters. The summed E-state index contributed by atoms with van der Waals surface area (Å²) in [5.41, 5.74) is 10.8. The molecule has 2 aliphatic rings. The number of carbonyl (C=O) groups excluding carboxylic acids is 1. The monoisotopic (exact) mass is 550 g/mol. The normalized spacial score (nSPS) is 15.0. The number of primary amides is 1. The average molecular weight is 551 g/mol. The van der Waals surface area contributed by atoms with Crippen molar-refractivity contribution < 1.29 is 22.7 Å². The number of halogens is 3. The molecule has 1 amide bonds. The van der Waals surface area contributed by atoms with Crippen molar-refractivity contribution in [2.45, 2.75) is 51.2 Å². The van der Waals surface area contributed by atoms with Crippen molar-refractivity contribution in [1.82, 2.24) is 14.6 Å². The highest BCUT2D eigenvalue weighted by molar-refractivity contribution is 5.93. The van der Waals surface area contributed by atoms with Crippen LogP contribution < -0.4 is 20.7 Å². The van der Waals surface area contributed by atoms with Crippen LogP contribution in [0, 0.1) is 6.92 Å². The van der Waals surface area contributed by atoms with Gasteiger partial charge < -0.3 is 20.7 Å². The number of rotatable bonds is 8. The number of ether oxygens (including phenoxy) is 1. The Morgan fingerprint density at radius 1 is 1.20 bits per heavy atom. The van der Waals surface area contributed by atoms with Gasteiger partial charge in [0.25, 0.3) is 0 Å². The van der Waals surface area contributed by atoms with Crippen molar-refractivity contribution in [3.63, 3.8) is 0 Å². The number of nitrogens with two attached hydrogens (primary N) is 1. The lowest BCUT2D eigenvalue weighted by atomic mass is 10.0. The van der Waals surface area contributed by atoms with Crippen LogP contribution in [0.25, 0.3) is 16.9 Å². The number of aryl methyl sites for hydroxylation is 2. The zero-order valence-corrected chi connectivity index (χ0v) is 22.0. The van der Waals surface area contributed by atoms with Gasteiger partial charge in [-0.3, -0.25) is 4.79 Å². The molecule has 6 rings (SSSR count). The second kappa shape index (κ2) is 10.0. The number of carbonyl (C=O) groups is 1. The molecule has 40 heavy (non-hydrogen) atoms. The minimum Gasteiger partial charge on any atom is -0.435 e. The summed E-state index contributed by atoms with van der Waals surface area (Å²) >= 11 is 0. The zero-order chi connectivity index (χ0) is 28.0. The average Bonchev–Trinajstić information content (AvgIpc) is 3.70. The molecular formula is C29H29F3N6O2. The fraction of sp³-hybridized carbons (Fsp3) is 0.345. The lowest BCUT2D eigenvalue weighted by Gasteiger charge is -2.26. The third-order valence-electron chi connectivity index (χ3n) is 7.34. The molecule has 0 bridgehead atoms. The van der Waals surface area contributed by atoms with Crippen LogP contribution >= 0.6 is 0 Å². The Hall–Kier alpha value is -4.28. The number of aromatic nitrogens is 3. The minimum atomic E-state index is -4.29. The third kappa shape index (κ3) is 5.15. The molecule has 208 valence electrons. The lowest BCUT2D eigenvalue weighted by Crippen LogP contribution is -2.30. The molecule has 1 saturated carbocycles. The standard InChI is InChI=1S/C29H29F3N6O2/c1-17-26(19-7-9-20(10-8-19)27(33)39)38-28(35-17)22(37(21-11-12-21)15-13-29(30,31)32)16-24(36-38)40-23-6-2-4-18-5-3-14-34-25(18)23/h2,4,6-10,16,21,34H,3,5,11-15H2,1H3,(H2,33,39). The maximum Gasteiger partial charge on any atom is 0.390 e. The van der Waals surface area contributed by atoms with Gasteiger partial charge in [0, 0.05) is 36.3 Å². The van der Waals surface area contributed by atoms with E-state index in [1.165, 1.54) is 0 Å². The van der Waals surface area contributed by atoms with Crippen LogP contribution in [-0.2, 0) is 6.42 Å². The van der Waals surface area contributed by atoms with Crippen LogP contribution in [0.15, 0.2) is 48.5 Å². The largest absolute Gasteiger partial charge is 0.435 e. The van der Waals surface area contributed by atoms with E-state index in [1.54, 1.807) is 39.7 Å². The molecule has 3 N–H and O–H groups in total. The number of nitrogens with one attached hydrogen (secondary N) is 1. The maximum atomic E-state index is 13.3. The molecule has 0 radical (unpaired) electrons. The van der Waals surface area contributed by atoms with Crippen molar-refractivity contribution in [1.29, 1.82) is 0 Å². The van der Waals surface area contributed by atoms with Gasteiger partial charge in [0.2, 0.25) is 11.8 Å². The van der Waals surface area contributed by atoms with Gasteiger partial charge in [-0.25, -0.2) is 9.50 Å². The summed E-state index contributed by atoms with van der Waals surface area (Å²) in [7, 11) is 0. The summed E-state index contributed by atoms with van der Waals surface area (Å²) in [6, 6.07) is 14.3. The van der Waals surface area contributed by atoms with Crippen LogP contribution in [0.5, 0.6) is 11.6 Å². The van der Waals surface area contributed by atoms with Crippen molar-refractivity contribution in [3.05, 3.63) is 65.4 Å². The van der Waals surface area contributed by atoms with E-state index in [4.69, 9.17) is 20.6 Å². The van der Waals surface area contributed by atoms with E-state index in [-0.39, 0.29) is 18.5 Å². The highest BCUT2D eigenvalue weighted by atomic mass is 19.4. The van der Waals surface area contributed by atoms with Crippen LogP contribution in [0.2, 0.25) is 0 Å². The first-order valence-electron chi connectivity index (χ1n) is 13.4. The molecule has 2 aromatic heterocycles. The summed E-state index contributed by atoms with van der Waals surface area (Å²) < 4.78 is 47.9. The Bertz CT molecular complexity index is 1580. The van der Waals surface area contributed by atoms with E-state index < -0.39 is 18.5 Å². The summed E-state index contributed by atoms with van der Waals surface area (Å²) in [4.78, 5) is 18.1. The second-order valence-corrected chi connectivity index (χ2v) is 10.3. The highest BCUT2D eigenvalue weighted by Gasteiger charge is 2.36. The van der Waals surface area contributed by atoms with Crippen molar-refractivity contribution in [3.8, 4) is 22.9 Å². The predicted molar refractivity (Wildman–Crippen MR) is 146 cm³/mol. The Balaban J connectivity index is 1.50. The number of hydrogen-bond acceptors (Lipinski definition) is 6. The molecule has 4 aromatic rings. The van der Waals surface area contributed by atoms with Gasteiger partial charge in [-0.2, -0.15) is 13.2 Å². The minimum absolute atomic E-state index is 0.0112. The molecule has 11 heteroatoms. The molecular weight excluding hydrogens is 521 g/mol. The smallest absolute Gasteiger partial charge is 0.390 e. The van der Waals surface area contributed by atoms with Gasteiger partial charge in [-0.15, -0.1) is 5.10 Å². The highest BCUT2D eigenvalue weighted by Crippen LogP contribution is 2.40. The molecule has 1 fully saturated rings. The van der Waals surface area contributed by atoms with Gasteiger partial charge in [0.15, 0.2) is 11.4 Å². The molecule has 3 heterocycles. The Kier molecular flexibility index (Phi) is 6.52. The number of hydrogen-bond donors (Lipinski definition) is 2. The molecule has 0 spiro atoms. The van der Waals surface area contributed by atoms with E-state index >= 15 is 0 Å². The zero-order valence-electron chi connectivity index (χ0n) is 22.0. The molecule has 0 saturated heterocycles. The SMILES string of the molecule is Cc1nc2c(N(CCC(F)(F)F)C3CC3)cc(Oc3cccc4c3NCCC4)nn2c1-c1ccc(C(N)=O)cc1. The molecule has 1 aliphatic heterocycles. The number of amides is 1. The molecule has 8 nitrogen and oxygen atoms in total. The van der Waals surface area contributed by atoms with Crippen molar-refractivity contribution in [2.75, 3.05) is 23.3 Å². The van der Waals surface area contributed by atoms with Crippen LogP contribution in [0.1, 0.15) is 47.3 Å². The van der Waals surface area contributed by atoms with E-state index in [2.05, 4.69) is 11.4 Å². The molecule has 1 aliphatic carbocycles. The van der Waals surface area contributed by atoms with E-state index in [0.29, 0.717) is 34.0 Å². The summed E-state index contributed by atoms with van der Waals surface area (Å²) in [6.45, 7) is 2.46. The number of fused-ring (bicyclic) bond motifs is 2. The van der Waals surface area contributed by atoms with Gasteiger partial charge in [-0.05, 0) is 56.4 Å². The number of anilines is 2.